The maximum Gasteiger partial charge on any atom is 0.573 e. The third kappa shape index (κ3) is 11.1. The molecular formula is C40H47F5N6O9. The molecule has 0 spiro atoms. The summed E-state index contributed by atoms with van der Waals surface area (Å²) >= 11 is 0. The number of cyclic esters (lactones) is 1. The molecule has 0 bridgehead atoms. The van der Waals surface area contributed by atoms with Gasteiger partial charge in [-0.1, -0.05) is 19.1 Å². The maximum absolute atomic E-state index is 14.5. The second-order valence-electron chi connectivity index (χ2n) is 15.5. The molecular weight excluding hydrogens is 803 g/mol. The number of esters is 1. The van der Waals surface area contributed by atoms with Crippen molar-refractivity contribution in [3.05, 3.63) is 65.2 Å². The van der Waals surface area contributed by atoms with Gasteiger partial charge >= 0.3 is 12.3 Å². The topological polar surface area (TPSA) is 184 Å². The minimum absolute atomic E-state index is 0.0334. The van der Waals surface area contributed by atoms with Gasteiger partial charge in [0.15, 0.2) is 0 Å². The van der Waals surface area contributed by atoms with E-state index in [1.165, 1.54) is 49.8 Å². The monoisotopic (exact) mass is 850 g/mol. The predicted octanol–water partition coefficient (Wildman–Crippen LogP) is 2.14. The van der Waals surface area contributed by atoms with Gasteiger partial charge in [-0.2, -0.15) is 0 Å². The lowest BCUT2D eigenvalue weighted by Crippen LogP contribution is -2.62. The van der Waals surface area contributed by atoms with E-state index in [9.17, 15) is 55.5 Å². The van der Waals surface area contributed by atoms with E-state index in [1.807, 2.05) is 6.92 Å². The second kappa shape index (κ2) is 18.6. The summed E-state index contributed by atoms with van der Waals surface area (Å²) in [5.74, 6) is -8.24. The van der Waals surface area contributed by atoms with Crippen molar-refractivity contribution in [1.29, 1.82) is 0 Å². The molecule has 0 radical (unpaired) electrons. The number of nitrogens with zero attached hydrogens (tertiary/aromatic N) is 3. The molecule has 3 aliphatic heterocycles. The first-order valence-electron chi connectivity index (χ1n) is 19.4. The molecule has 326 valence electrons. The van der Waals surface area contributed by atoms with Crippen molar-refractivity contribution in [2.24, 2.45) is 5.92 Å². The van der Waals surface area contributed by atoms with Crippen LogP contribution < -0.4 is 20.7 Å². The van der Waals surface area contributed by atoms with Crippen LogP contribution in [0.4, 0.5) is 22.0 Å². The number of likely N-dealkylation sites (N-methyl/N-ethyl adjacent to an activating group) is 1. The van der Waals surface area contributed by atoms with E-state index in [0.29, 0.717) is 12.5 Å². The van der Waals surface area contributed by atoms with Crippen LogP contribution in [0.3, 0.4) is 0 Å². The van der Waals surface area contributed by atoms with Gasteiger partial charge < -0.3 is 40.1 Å². The van der Waals surface area contributed by atoms with Crippen molar-refractivity contribution in [3.8, 4) is 5.75 Å². The van der Waals surface area contributed by atoms with Gasteiger partial charge in [-0.3, -0.25) is 28.8 Å². The maximum atomic E-state index is 14.5. The van der Waals surface area contributed by atoms with Crippen molar-refractivity contribution >= 4 is 41.4 Å². The van der Waals surface area contributed by atoms with E-state index in [1.54, 1.807) is 0 Å². The van der Waals surface area contributed by atoms with Crippen LogP contribution >= 0.6 is 0 Å². The van der Waals surface area contributed by atoms with Crippen LogP contribution in [-0.2, 0) is 51.1 Å². The Morgan fingerprint density at radius 1 is 0.900 bits per heavy atom. The van der Waals surface area contributed by atoms with E-state index in [4.69, 9.17) is 4.74 Å². The Morgan fingerprint density at radius 2 is 1.55 bits per heavy atom. The Kier molecular flexibility index (Phi) is 14.0. The van der Waals surface area contributed by atoms with Crippen molar-refractivity contribution in [1.82, 2.24) is 30.7 Å². The van der Waals surface area contributed by atoms with Crippen LogP contribution in [-0.4, -0.2) is 125 Å². The predicted molar refractivity (Wildman–Crippen MR) is 200 cm³/mol. The fourth-order valence-corrected chi connectivity index (χ4v) is 7.60. The highest BCUT2D eigenvalue weighted by molar-refractivity contribution is 5.98. The molecule has 2 aromatic carbocycles. The molecule has 0 aliphatic carbocycles. The van der Waals surface area contributed by atoms with Gasteiger partial charge in [0.1, 0.15) is 59.7 Å². The number of carbonyl (C=O) groups is 7. The van der Waals surface area contributed by atoms with Crippen molar-refractivity contribution in [2.75, 3.05) is 20.1 Å². The number of halogens is 5. The smallest absolute Gasteiger partial charge is 0.458 e. The van der Waals surface area contributed by atoms with Crippen LogP contribution in [0.1, 0.15) is 58.1 Å². The normalized spacial score (nSPS) is 26.2. The number of ether oxygens (including phenoxy) is 2. The molecule has 20 heteroatoms. The molecule has 15 nitrogen and oxygen atoms in total. The molecule has 3 fully saturated rings. The number of fused-ring (bicyclic) bond motifs is 2. The van der Waals surface area contributed by atoms with E-state index < -0.39 is 120 Å². The number of carbonyl (C=O) groups excluding carboxylic acids is 7. The van der Waals surface area contributed by atoms with Gasteiger partial charge in [-0.05, 0) is 81.3 Å². The van der Waals surface area contributed by atoms with Gasteiger partial charge in [-0.25, -0.2) is 13.6 Å². The van der Waals surface area contributed by atoms with Crippen LogP contribution in [0.5, 0.6) is 5.75 Å². The zero-order valence-corrected chi connectivity index (χ0v) is 33.5. The van der Waals surface area contributed by atoms with Crippen LogP contribution in [0.25, 0.3) is 0 Å². The molecule has 2 aromatic rings. The number of rotatable bonds is 8. The first kappa shape index (κ1) is 45.3. The number of amides is 6. The molecule has 3 aliphatic rings. The molecule has 60 heavy (non-hydrogen) atoms. The first-order chi connectivity index (χ1) is 28.1. The molecule has 3 saturated heterocycles. The van der Waals surface area contributed by atoms with Crippen LogP contribution in [0, 0.1) is 17.6 Å². The zero-order valence-electron chi connectivity index (χ0n) is 33.5. The SMILES string of the molecule is C[C@@H]1C[C@H]2C(=O)O[C@@H](C)[C@H](NC(=O)[C@H](Cc3cc(F)cc(F)c3)NC(=O)Cc3ccc(OC(F)(F)F)cc3)C(=O)N3CCC[C@H]3C(=O)N(C)[C@@H](C)C(=O)N[C@@H](C)C(=O)N2C1. The minimum Gasteiger partial charge on any atom is -0.458 e. The molecule has 0 saturated carbocycles. The fraction of sp³-hybridized carbons (Fsp3) is 0.525. The number of benzene rings is 2. The molecule has 0 aromatic heterocycles. The van der Waals surface area contributed by atoms with Gasteiger partial charge in [0, 0.05) is 32.6 Å². The highest BCUT2D eigenvalue weighted by Gasteiger charge is 2.46. The summed E-state index contributed by atoms with van der Waals surface area (Å²) in [7, 11) is 1.37. The summed E-state index contributed by atoms with van der Waals surface area (Å²) in [6.45, 7) is 6.20. The molecule has 3 N–H and O–H groups in total. The third-order valence-corrected chi connectivity index (χ3v) is 10.8. The summed E-state index contributed by atoms with van der Waals surface area (Å²) < 4.78 is 76.2. The Balaban J connectivity index is 1.47. The number of nitrogens with one attached hydrogen (secondary N) is 3. The number of hydrogen-bond donors (Lipinski definition) is 3. The minimum atomic E-state index is -4.95. The Bertz CT molecular complexity index is 1960. The quantitative estimate of drug-likeness (QED) is 0.265. The van der Waals surface area contributed by atoms with E-state index in [0.717, 1.165) is 29.2 Å². The second-order valence-corrected chi connectivity index (χ2v) is 15.5. The summed E-state index contributed by atoms with van der Waals surface area (Å²) in [5.41, 5.74) is 0.127. The zero-order chi connectivity index (χ0) is 44.2. The van der Waals surface area contributed by atoms with Gasteiger partial charge in [0.25, 0.3) is 0 Å². The molecule has 3 heterocycles. The highest BCUT2D eigenvalue weighted by Crippen LogP contribution is 2.28. The molecule has 6 amide bonds. The van der Waals surface area contributed by atoms with Crippen molar-refractivity contribution in [2.45, 2.75) is 109 Å². The Hall–Kier alpha value is -5.82. The summed E-state index contributed by atoms with van der Waals surface area (Å²) in [4.78, 5) is 100. The number of hydrogen-bond acceptors (Lipinski definition) is 9. The molecule has 8 atom stereocenters. The van der Waals surface area contributed by atoms with Crippen LogP contribution in [0.2, 0.25) is 0 Å². The lowest BCUT2D eigenvalue weighted by molar-refractivity contribution is -0.274. The van der Waals surface area contributed by atoms with Gasteiger partial charge in [-0.15, -0.1) is 13.2 Å². The average molecular weight is 851 g/mol. The van der Waals surface area contributed by atoms with Crippen molar-refractivity contribution in [3.63, 3.8) is 0 Å². The third-order valence-electron chi connectivity index (χ3n) is 10.8. The molecule has 5 rings (SSSR count). The Morgan fingerprint density at radius 3 is 2.18 bits per heavy atom. The van der Waals surface area contributed by atoms with E-state index in [-0.39, 0.29) is 43.0 Å². The van der Waals surface area contributed by atoms with Crippen molar-refractivity contribution < 1.29 is 65.0 Å². The van der Waals surface area contributed by atoms with E-state index in [2.05, 4.69) is 20.7 Å². The van der Waals surface area contributed by atoms with E-state index >= 15 is 0 Å². The summed E-state index contributed by atoms with van der Waals surface area (Å²) in [6, 6.07) is -1.02. The van der Waals surface area contributed by atoms with Gasteiger partial charge in [0.2, 0.25) is 35.4 Å². The Labute approximate surface area is 342 Å². The number of alkyl halides is 3. The standard InChI is InChI=1S/C40H47F5N6O9/c1-20-13-31-39(58)59-23(4)33(38(57)50-12-6-7-30(50)37(56)49(5)22(3)34(53)46-21(2)36(55)51(31)19-20)48-35(54)29(16-25-14-26(41)18-27(42)15-25)47-32(52)17-24-8-10-28(11-9-24)60-40(43,44)45/h8-11,14-15,18,20-23,29-31,33H,6-7,12-13,16-17,19H2,1-5H3,(H,46,53)(H,47,52)(H,48,54)/t20-,21+,22+,23+,29+,30+,31+,33+/m1/s1. The van der Waals surface area contributed by atoms with Crippen LogP contribution in [0.15, 0.2) is 42.5 Å². The highest BCUT2D eigenvalue weighted by atomic mass is 19.4. The lowest BCUT2D eigenvalue weighted by atomic mass is 10.0. The average Bonchev–Trinajstić information content (AvgIpc) is 3.82. The summed E-state index contributed by atoms with van der Waals surface area (Å²) in [6.07, 6.45) is -6.71. The fourth-order valence-electron chi connectivity index (χ4n) is 7.60. The van der Waals surface area contributed by atoms with Gasteiger partial charge in [0.05, 0.1) is 6.42 Å². The largest absolute Gasteiger partial charge is 0.573 e. The first-order valence-corrected chi connectivity index (χ1v) is 19.4. The molecule has 0 unspecified atom stereocenters. The summed E-state index contributed by atoms with van der Waals surface area (Å²) in [5, 5.41) is 7.60. The lowest BCUT2D eigenvalue weighted by Gasteiger charge is -2.36.